The first-order valence-electron chi connectivity index (χ1n) is 3.61. The van der Waals surface area contributed by atoms with Gasteiger partial charge in [-0.2, -0.15) is 12.8 Å². The Morgan fingerprint density at radius 3 is 2.20 bits per heavy atom. The van der Waals surface area contributed by atoms with Gasteiger partial charge in [0.2, 0.25) is 0 Å². The first-order valence-corrected chi connectivity index (χ1v) is 5.01. The predicted molar refractivity (Wildman–Crippen MR) is 52.3 cm³/mol. The van der Waals surface area contributed by atoms with Gasteiger partial charge >= 0.3 is 39.9 Å². The van der Waals surface area contributed by atoms with E-state index in [2.05, 4.69) is 0 Å². The van der Waals surface area contributed by atoms with Gasteiger partial charge in [-0.15, -0.1) is 0 Å². The van der Waals surface area contributed by atoms with Gasteiger partial charge < -0.3 is 6.16 Å². The van der Waals surface area contributed by atoms with E-state index in [1.165, 1.54) is 31.4 Å². The zero-order valence-electron chi connectivity index (χ0n) is 9.41. The van der Waals surface area contributed by atoms with Crippen molar-refractivity contribution in [2.45, 2.75) is 0 Å². The van der Waals surface area contributed by atoms with Gasteiger partial charge in [0, 0.05) is 0 Å². The summed E-state index contributed by atoms with van der Waals surface area (Å²) in [7, 11) is -2.92. The first-order chi connectivity index (χ1) is 6.45. The van der Waals surface area contributed by atoms with Crippen LogP contribution in [-0.4, -0.2) is 20.1 Å². The predicted octanol–water partition coefficient (Wildman–Crippen LogP) is -2.71. The summed E-state index contributed by atoms with van der Waals surface area (Å²) in [6, 6.07) is 5.87. The van der Waals surface area contributed by atoms with E-state index in [1.807, 2.05) is 0 Å². The molecule has 1 aromatic rings. The molecule has 6 nitrogen and oxygen atoms in total. The molecule has 0 bridgehead atoms. The number of rotatable bonds is 3. The summed E-state index contributed by atoms with van der Waals surface area (Å²) in [4.78, 5) is 0. The number of methoxy groups -OCH3 is 1. The van der Waals surface area contributed by atoms with Gasteiger partial charge in [-0.1, -0.05) is 0 Å². The number of hydrogen-bond donors (Lipinski definition) is 2. The third kappa shape index (κ3) is 3.98. The molecule has 0 saturated heterocycles. The molecule has 8 heteroatoms. The molecule has 0 aromatic heterocycles. The zero-order valence-corrected chi connectivity index (χ0v) is 11.2. The summed E-state index contributed by atoms with van der Waals surface area (Å²) in [6.45, 7) is 0. The van der Waals surface area contributed by atoms with Crippen LogP contribution in [-0.2, 0) is 10.3 Å². The van der Waals surface area contributed by atoms with Crippen LogP contribution in [0, 0.1) is 0 Å². The Balaban J connectivity index is 0. The third-order valence-corrected chi connectivity index (χ3v) is 2.28. The van der Waals surface area contributed by atoms with E-state index in [9.17, 15) is 8.42 Å². The Hall–Kier alpha value is -0.310. The van der Waals surface area contributed by atoms with Crippen molar-refractivity contribution in [1.82, 2.24) is 0 Å². The van der Waals surface area contributed by atoms with Crippen LogP contribution in [0.3, 0.4) is 0 Å². The number of benzene rings is 1. The molecular formula is C7H11N2NaO4S. The minimum absolute atomic E-state index is 0. The molecule has 1 rings (SSSR count). The summed E-state index contributed by atoms with van der Waals surface area (Å²) in [5, 5.41) is 0. The Morgan fingerprint density at radius 2 is 1.87 bits per heavy atom. The molecule has 0 aliphatic carbocycles. The van der Waals surface area contributed by atoms with Crippen LogP contribution in [0.1, 0.15) is 1.43 Å². The van der Waals surface area contributed by atoms with Gasteiger partial charge in [-0.05, 0) is 24.3 Å². The molecule has 0 amide bonds. The zero-order chi connectivity index (χ0) is 10.8. The normalized spacial score (nSPS) is 10.3. The van der Waals surface area contributed by atoms with E-state index in [0.29, 0.717) is 5.75 Å². The quantitative estimate of drug-likeness (QED) is 0.260. The molecule has 0 radical (unpaired) electrons. The van der Waals surface area contributed by atoms with Crippen molar-refractivity contribution in [2.75, 3.05) is 11.5 Å². The molecule has 0 unspecified atom stereocenters. The summed E-state index contributed by atoms with van der Waals surface area (Å²) in [6.07, 6.45) is 0. The smallest absolute Gasteiger partial charge is 1.00 e. The number of anilines is 1. The van der Waals surface area contributed by atoms with Crippen LogP contribution in [0.15, 0.2) is 24.3 Å². The standard InChI is InChI=1S/C7H10N2O4S.Na.H/c1-13-7-4-2-6(3-5-7)9(8)14(10,11)12;;/h2-5H,8H2,1H3,(H,10,11,12);;/q;+1;-1. The number of hydrogen-bond acceptors (Lipinski definition) is 4. The number of nitrogens with two attached hydrogens (primary N) is 1. The van der Waals surface area contributed by atoms with Crippen molar-refractivity contribution < 1.29 is 48.7 Å². The molecule has 0 heterocycles. The number of ether oxygens (including phenoxy) is 1. The van der Waals surface area contributed by atoms with Crippen molar-refractivity contribution in [3.63, 3.8) is 0 Å². The van der Waals surface area contributed by atoms with E-state index in [4.69, 9.17) is 15.1 Å². The van der Waals surface area contributed by atoms with Crippen LogP contribution in [0.5, 0.6) is 5.75 Å². The van der Waals surface area contributed by atoms with Crippen molar-refractivity contribution in [3.05, 3.63) is 24.3 Å². The Bertz CT molecular complexity index is 411. The van der Waals surface area contributed by atoms with E-state index < -0.39 is 10.3 Å². The Labute approximate surface area is 112 Å². The summed E-state index contributed by atoms with van der Waals surface area (Å²) < 4.78 is 35.0. The summed E-state index contributed by atoms with van der Waals surface area (Å²) in [5.74, 6) is 5.69. The van der Waals surface area contributed by atoms with Gasteiger partial charge in [-0.3, -0.25) is 4.55 Å². The Morgan fingerprint density at radius 1 is 1.40 bits per heavy atom. The van der Waals surface area contributed by atoms with Crippen LogP contribution in [0.25, 0.3) is 0 Å². The average Bonchev–Trinajstić information content (AvgIpc) is 2.15. The second-order valence-electron chi connectivity index (χ2n) is 2.47. The van der Waals surface area contributed by atoms with Gasteiger partial charge in [0.15, 0.2) is 0 Å². The SMILES string of the molecule is COc1ccc(N(N)S(=O)(=O)O)cc1.[H-].[Na+]. The second kappa shape index (κ2) is 5.69. The topological polar surface area (TPSA) is 92.9 Å². The van der Waals surface area contributed by atoms with Crippen molar-refractivity contribution in [3.8, 4) is 5.75 Å². The molecule has 0 aliphatic rings. The maximum Gasteiger partial charge on any atom is 1.00 e. The molecule has 15 heavy (non-hydrogen) atoms. The Kier molecular flexibility index (Phi) is 5.57. The minimum atomic E-state index is -4.41. The van der Waals surface area contributed by atoms with E-state index in [0.717, 1.165) is 0 Å². The maximum atomic E-state index is 10.6. The molecule has 0 saturated carbocycles. The van der Waals surface area contributed by atoms with E-state index >= 15 is 0 Å². The van der Waals surface area contributed by atoms with E-state index in [1.54, 1.807) is 0 Å². The van der Waals surface area contributed by atoms with Gasteiger partial charge in [0.25, 0.3) is 0 Å². The van der Waals surface area contributed by atoms with Crippen molar-refractivity contribution in [1.29, 1.82) is 0 Å². The fourth-order valence-corrected chi connectivity index (χ4v) is 1.25. The van der Waals surface area contributed by atoms with Crippen molar-refractivity contribution in [2.24, 2.45) is 5.84 Å². The largest absolute Gasteiger partial charge is 1.00 e. The molecular weight excluding hydrogens is 231 g/mol. The summed E-state index contributed by atoms with van der Waals surface area (Å²) >= 11 is 0. The van der Waals surface area contributed by atoms with Crippen LogP contribution in [0.2, 0.25) is 0 Å². The van der Waals surface area contributed by atoms with Gasteiger partial charge in [0.05, 0.1) is 12.8 Å². The van der Waals surface area contributed by atoms with Crippen LogP contribution < -0.4 is 44.6 Å². The monoisotopic (exact) mass is 242 g/mol. The third-order valence-electron chi connectivity index (χ3n) is 1.58. The van der Waals surface area contributed by atoms with Gasteiger partial charge in [0.1, 0.15) is 5.75 Å². The minimum Gasteiger partial charge on any atom is -1.00 e. The number of hydrazine groups is 1. The molecule has 3 N–H and O–H groups in total. The van der Waals surface area contributed by atoms with Crippen LogP contribution in [0.4, 0.5) is 5.69 Å². The maximum absolute atomic E-state index is 10.6. The second-order valence-corrected chi connectivity index (χ2v) is 3.76. The summed E-state index contributed by atoms with van der Waals surface area (Å²) in [5.41, 5.74) is 0.147. The fourth-order valence-electron chi connectivity index (χ4n) is 0.862. The fraction of sp³-hybridized carbons (Fsp3) is 0.143. The molecule has 0 atom stereocenters. The first kappa shape index (κ1) is 14.7. The molecule has 0 aliphatic heterocycles. The van der Waals surface area contributed by atoms with Crippen LogP contribution >= 0.6 is 0 Å². The molecule has 0 spiro atoms. The molecule has 1 aromatic carbocycles. The molecule has 0 fully saturated rings. The number of nitrogens with zero attached hydrogens (tertiary/aromatic N) is 1. The van der Waals surface area contributed by atoms with E-state index in [-0.39, 0.29) is 41.1 Å². The van der Waals surface area contributed by atoms with Gasteiger partial charge in [-0.25, -0.2) is 5.84 Å². The van der Waals surface area contributed by atoms with Crippen molar-refractivity contribution >= 4 is 16.0 Å². The average molecular weight is 242 g/mol. The molecule has 80 valence electrons.